The van der Waals surface area contributed by atoms with Gasteiger partial charge in [-0.3, -0.25) is 9.59 Å². The molecule has 0 fully saturated rings. The van der Waals surface area contributed by atoms with Crippen LogP contribution in [-0.2, 0) is 9.59 Å². The number of esters is 2. The van der Waals surface area contributed by atoms with Gasteiger partial charge in [0, 0.05) is 31.4 Å². The van der Waals surface area contributed by atoms with Gasteiger partial charge in [0.2, 0.25) is 0 Å². The van der Waals surface area contributed by atoms with Crippen LogP contribution in [0.4, 0.5) is 0 Å². The van der Waals surface area contributed by atoms with Gasteiger partial charge in [-0.15, -0.1) is 0 Å². The fourth-order valence-electron chi connectivity index (χ4n) is 2.83. The zero-order valence-corrected chi connectivity index (χ0v) is 13.9. The summed E-state index contributed by atoms with van der Waals surface area (Å²) < 4.78 is 15.8. The van der Waals surface area contributed by atoms with Gasteiger partial charge in [0.25, 0.3) is 0 Å². The number of rotatable bonds is 3. The maximum Gasteiger partial charge on any atom is 0.308 e. The molecule has 2 aromatic rings. The average Bonchev–Trinajstić information content (AvgIpc) is 2.55. The van der Waals surface area contributed by atoms with Crippen LogP contribution in [0.1, 0.15) is 37.0 Å². The van der Waals surface area contributed by atoms with Crippen LogP contribution in [0.15, 0.2) is 42.5 Å². The Morgan fingerprint density at radius 1 is 1.00 bits per heavy atom. The van der Waals surface area contributed by atoms with E-state index in [1.54, 1.807) is 42.5 Å². The lowest BCUT2D eigenvalue weighted by Gasteiger charge is -2.30. The minimum absolute atomic E-state index is 0.251. The van der Waals surface area contributed by atoms with Gasteiger partial charge >= 0.3 is 11.9 Å². The molecule has 1 heterocycles. The van der Waals surface area contributed by atoms with Crippen molar-refractivity contribution in [3.63, 3.8) is 0 Å². The quantitative estimate of drug-likeness (QED) is 0.682. The van der Waals surface area contributed by atoms with Crippen LogP contribution in [0.5, 0.6) is 17.2 Å². The largest absolute Gasteiger partial charge is 0.492 e. The van der Waals surface area contributed by atoms with E-state index in [1.165, 1.54) is 13.8 Å². The molecule has 2 atom stereocenters. The van der Waals surface area contributed by atoms with E-state index < -0.39 is 12.1 Å². The molecule has 130 valence electrons. The number of fused-ring (bicyclic) bond motifs is 1. The standard InChI is InChI=1S/C19H18O6/c1-11(20)24-14-5-3-13(4-6-14)17-10-23-18-9-15(25-12(2)21)7-8-16(18)19(17)22/h3-9,17,19,22H,10H2,1-2H3/t17-,19+/m0/s1. The summed E-state index contributed by atoms with van der Waals surface area (Å²) >= 11 is 0. The molecule has 3 rings (SSSR count). The van der Waals surface area contributed by atoms with Crippen LogP contribution in [0.25, 0.3) is 0 Å². The van der Waals surface area contributed by atoms with Crippen molar-refractivity contribution < 1.29 is 28.9 Å². The third kappa shape index (κ3) is 3.80. The number of benzene rings is 2. The summed E-state index contributed by atoms with van der Waals surface area (Å²) in [4.78, 5) is 22.0. The van der Waals surface area contributed by atoms with Crippen LogP contribution < -0.4 is 14.2 Å². The first-order valence-electron chi connectivity index (χ1n) is 7.85. The molecule has 1 N–H and O–H groups in total. The Hall–Kier alpha value is -2.86. The summed E-state index contributed by atoms with van der Waals surface area (Å²) in [6.45, 7) is 2.95. The van der Waals surface area contributed by atoms with E-state index in [0.717, 1.165) is 5.56 Å². The fourth-order valence-corrected chi connectivity index (χ4v) is 2.83. The predicted octanol–water partition coefficient (Wildman–Crippen LogP) is 2.75. The summed E-state index contributed by atoms with van der Waals surface area (Å²) in [5.41, 5.74) is 1.51. The molecule has 0 bridgehead atoms. The number of carbonyl (C=O) groups excluding carboxylic acids is 2. The van der Waals surface area contributed by atoms with Crippen LogP contribution in [0.2, 0.25) is 0 Å². The van der Waals surface area contributed by atoms with Crippen molar-refractivity contribution in [2.45, 2.75) is 25.9 Å². The SMILES string of the molecule is CC(=O)Oc1ccc([C@@H]2COc3cc(OC(C)=O)ccc3[C@H]2O)cc1. The molecular weight excluding hydrogens is 324 g/mol. The van der Waals surface area contributed by atoms with Gasteiger partial charge in [0.1, 0.15) is 17.2 Å². The first-order valence-corrected chi connectivity index (χ1v) is 7.85. The molecule has 2 aromatic carbocycles. The van der Waals surface area contributed by atoms with E-state index in [0.29, 0.717) is 22.8 Å². The van der Waals surface area contributed by atoms with Crippen LogP contribution in [-0.4, -0.2) is 23.7 Å². The minimum atomic E-state index is -0.755. The molecule has 0 saturated carbocycles. The van der Waals surface area contributed by atoms with Gasteiger partial charge in [0.05, 0.1) is 12.7 Å². The Morgan fingerprint density at radius 3 is 2.24 bits per heavy atom. The van der Waals surface area contributed by atoms with Crippen LogP contribution in [0.3, 0.4) is 0 Å². The number of hydrogen-bond acceptors (Lipinski definition) is 6. The zero-order chi connectivity index (χ0) is 18.0. The van der Waals surface area contributed by atoms with Crippen molar-refractivity contribution in [3.05, 3.63) is 53.6 Å². The Balaban J connectivity index is 1.80. The van der Waals surface area contributed by atoms with Crippen molar-refractivity contribution in [3.8, 4) is 17.2 Å². The predicted molar refractivity (Wildman–Crippen MR) is 88.7 cm³/mol. The van der Waals surface area contributed by atoms with E-state index in [4.69, 9.17) is 14.2 Å². The third-order valence-electron chi connectivity index (χ3n) is 3.93. The number of ether oxygens (including phenoxy) is 3. The van der Waals surface area contributed by atoms with Gasteiger partial charge in [-0.1, -0.05) is 12.1 Å². The summed E-state index contributed by atoms with van der Waals surface area (Å²) in [5, 5.41) is 10.7. The van der Waals surface area contributed by atoms with Crippen LogP contribution in [0, 0.1) is 0 Å². The van der Waals surface area contributed by atoms with Gasteiger partial charge in [-0.2, -0.15) is 0 Å². The highest BCUT2D eigenvalue weighted by Crippen LogP contribution is 2.42. The molecule has 0 spiro atoms. The molecule has 0 amide bonds. The molecule has 0 aromatic heterocycles. The van der Waals surface area contributed by atoms with Crippen molar-refractivity contribution in [1.82, 2.24) is 0 Å². The molecule has 1 aliphatic rings. The molecule has 6 heteroatoms. The normalized spacial score (nSPS) is 18.7. The molecule has 0 unspecified atom stereocenters. The lowest BCUT2D eigenvalue weighted by molar-refractivity contribution is -0.132. The molecule has 25 heavy (non-hydrogen) atoms. The van der Waals surface area contributed by atoms with Crippen molar-refractivity contribution in [1.29, 1.82) is 0 Å². The maximum atomic E-state index is 11.0. The van der Waals surface area contributed by atoms with Crippen LogP contribution >= 0.6 is 0 Å². The Kier molecular flexibility index (Phi) is 4.72. The second-order valence-electron chi connectivity index (χ2n) is 5.82. The molecule has 0 radical (unpaired) electrons. The topological polar surface area (TPSA) is 82.1 Å². The second kappa shape index (κ2) is 6.94. The smallest absolute Gasteiger partial charge is 0.308 e. The number of aliphatic hydroxyl groups excluding tert-OH is 1. The third-order valence-corrected chi connectivity index (χ3v) is 3.93. The van der Waals surface area contributed by atoms with Gasteiger partial charge in [-0.25, -0.2) is 0 Å². The van der Waals surface area contributed by atoms with E-state index in [2.05, 4.69) is 0 Å². The number of aliphatic hydroxyl groups is 1. The lowest BCUT2D eigenvalue weighted by Crippen LogP contribution is -2.24. The van der Waals surface area contributed by atoms with Crippen molar-refractivity contribution >= 4 is 11.9 Å². The summed E-state index contributed by atoms with van der Waals surface area (Å²) in [6.07, 6.45) is -0.755. The molecule has 1 aliphatic heterocycles. The first-order chi connectivity index (χ1) is 11.9. The van der Waals surface area contributed by atoms with E-state index in [1.807, 2.05) is 0 Å². The maximum absolute atomic E-state index is 11.0. The van der Waals surface area contributed by atoms with E-state index in [9.17, 15) is 14.7 Å². The number of hydrogen-bond donors (Lipinski definition) is 1. The van der Waals surface area contributed by atoms with Gasteiger partial charge in [0.15, 0.2) is 0 Å². The molecule has 0 saturated heterocycles. The van der Waals surface area contributed by atoms with Crippen molar-refractivity contribution in [2.24, 2.45) is 0 Å². The van der Waals surface area contributed by atoms with Crippen molar-refractivity contribution in [2.75, 3.05) is 6.61 Å². The van der Waals surface area contributed by atoms with Gasteiger partial charge < -0.3 is 19.3 Å². The molecule has 6 nitrogen and oxygen atoms in total. The highest BCUT2D eigenvalue weighted by atomic mass is 16.5. The summed E-state index contributed by atoms with van der Waals surface area (Å²) in [6, 6.07) is 11.9. The lowest BCUT2D eigenvalue weighted by atomic mass is 9.87. The van der Waals surface area contributed by atoms with Gasteiger partial charge in [-0.05, 0) is 29.8 Å². The molecule has 0 aliphatic carbocycles. The van der Waals surface area contributed by atoms with E-state index in [-0.39, 0.29) is 18.5 Å². The molecular formula is C19H18O6. The summed E-state index contributed by atoms with van der Waals surface area (Å²) in [5.74, 6) is 0.280. The fraction of sp³-hybridized carbons (Fsp3) is 0.263. The first kappa shape index (κ1) is 17.0. The second-order valence-corrected chi connectivity index (χ2v) is 5.82. The highest BCUT2D eigenvalue weighted by molar-refractivity contribution is 5.70. The summed E-state index contributed by atoms with van der Waals surface area (Å²) in [7, 11) is 0. The Labute approximate surface area is 144 Å². The average molecular weight is 342 g/mol. The number of carbonyl (C=O) groups is 2. The highest BCUT2D eigenvalue weighted by Gasteiger charge is 2.31. The Morgan fingerprint density at radius 2 is 1.60 bits per heavy atom. The minimum Gasteiger partial charge on any atom is -0.492 e. The zero-order valence-electron chi connectivity index (χ0n) is 13.9. The Bertz CT molecular complexity index is 796. The monoisotopic (exact) mass is 342 g/mol. The van der Waals surface area contributed by atoms with E-state index >= 15 is 0 Å².